The number of primary amides is 1. The van der Waals surface area contributed by atoms with Crippen molar-refractivity contribution in [2.45, 2.75) is 38.1 Å². The quantitative estimate of drug-likeness (QED) is 0.885. The second kappa shape index (κ2) is 6.75. The van der Waals surface area contributed by atoms with Crippen LogP contribution in [0.15, 0.2) is 18.2 Å². The number of hydrogen-bond donors (Lipinski definition) is 1. The van der Waals surface area contributed by atoms with E-state index in [1.54, 1.807) is 0 Å². The van der Waals surface area contributed by atoms with Crippen molar-refractivity contribution in [3.05, 3.63) is 41.5 Å². The van der Waals surface area contributed by atoms with E-state index in [4.69, 9.17) is 5.73 Å². The standard InChI is InChI=1S/C18H21F2N5O/c19-13-3-4-15(14(20)9-13)25-16(22-18(23-25)12-1-2-12)10-24-7-5-11(6-8-24)17(21)26/h3-4,9,11-12H,1-2,5-8,10H2,(H2,21,26). The van der Waals surface area contributed by atoms with E-state index < -0.39 is 11.6 Å². The van der Waals surface area contributed by atoms with E-state index in [2.05, 4.69) is 15.0 Å². The first kappa shape index (κ1) is 17.1. The topological polar surface area (TPSA) is 77.0 Å². The molecule has 0 radical (unpaired) electrons. The highest BCUT2D eigenvalue weighted by molar-refractivity contribution is 5.76. The molecule has 1 saturated heterocycles. The zero-order valence-electron chi connectivity index (χ0n) is 14.4. The predicted molar refractivity (Wildman–Crippen MR) is 90.4 cm³/mol. The van der Waals surface area contributed by atoms with Gasteiger partial charge in [-0.15, -0.1) is 0 Å². The molecule has 8 heteroatoms. The molecule has 4 rings (SSSR count). The van der Waals surface area contributed by atoms with Gasteiger partial charge in [0.05, 0.1) is 6.54 Å². The van der Waals surface area contributed by atoms with Gasteiger partial charge in [-0.25, -0.2) is 18.4 Å². The third kappa shape index (κ3) is 3.46. The van der Waals surface area contributed by atoms with Crippen molar-refractivity contribution in [1.82, 2.24) is 19.7 Å². The lowest BCUT2D eigenvalue weighted by molar-refractivity contribution is -0.123. The lowest BCUT2D eigenvalue weighted by Crippen LogP contribution is -2.38. The minimum Gasteiger partial charge on any atom is -0.369 e. The van der Waals surface area contributed by atoms with Crippen molar-refractivity contribution in [2.24, 2.45) is 11.7 Å². The van der Waals surface area contributed by atoms with Gasteiger partial charge in [0.25, 0.3) is 0 Å². The molecule has 1 aliphatic heterocycles. The molecule has 0 atom stereocenters. The summed E-state index contributed by atoms with van der Waals surface area (Å²) in [5.41, 5.74) is 5.58. The van der Waals surface area contributed by atoms with E-state index in [-0.39, 0.29) is 17.5 Å². The third-order valence-electron chi connectivity index (χ3n) is 5.13. The molecule has 2 fully saturated rings. The highest BCUT2D eigenvalue weighted by Gasteiger charge is 2.31. The number of hydrogen-bond acceptors (Lipinski definition) is 4. The van der Waals surface area contributed by atoms with Crippen LogP contribution in [-0.4, -0.2) is 38.7 Å². The molecule has 1 aromatic heterocycles. The number of nitrogens with two attached hydrogens (primary N) is 1. The van der Waals surface area contributed by atoms with Crippen LogP contribution in [0.5, 0.6) is 0 Å². The highest BCUT2D eigenvalue weighted by atomic mass is 19.1. The van der Waals surface area contributed by atoms with Crippen molar-refractivity contribution < 1.29 is 13.6 Å². The average Bonchev–Trinajstić information content (AvgIpc) is 3.38. The number of carbonyl (C=O) groups is 1. The normalized spacial score (nSPS) is 19.0. The lowest BCUT2D eigenvalue weighted by Gasteiger charge is -2.30. The first-order valence-electron chi connectivity index (χ1n) is 8.94. The second-order valence-corrected chi connectivity index (χ2v) is 7.12. The Bertz CT molecular complexity index is 825. The molecule has 2 heterocycles. The van der Waals surface area contributed by atoms with Crippen LogP contribution in [0.3, 0.4) is 0 Å². The molecular formula is C18H21F2N5O. The number of benzene rings is 1. The van der Waals surface area contributed by atoms with Crippen molar-refractivity contribution in [3.63, 3.8) is 0 Å². The number of halogens is 2. The van der Waals surface area contributed by atoms with Gasteiger partial charge in [-0.05, 0) is 50.9 Å². The highest BCUT2D eigenvalue weighted by Crippen LogP contribution is 2.38. The SMILES string of the molecule is NC(=O)C1CCN(Cc2nc(C3CC3)nn2-c2ccc(F)cc2F)CC1. The van der Waals surface area contributed by atoms with Crippen LogP contribution >= 0.6 is 0 Å². The fourth-order valence-corrected chi connectivity index (χ4v) is 3.40. The summed E-state index contributed by atoms with van der Waals surface area (Å²) in [7, 11) is 0. The van der Waals surface area contributed by atoms with E-state index in [0.29, 0.717) is 31.1 Å². The van der Waals surface area contributed by atoms with E-state index in [9.17, 15) is 13.6 Å². The van der Waals surface area contributed by atoms with Crippen LogP contribution in [0.25, 0.3) is 5.69 Å². The molecule has 0 bridgehead atoms. The van der Waals surface area contributed by atoms with Crippen LogP contribution in [0, 0.1) is 17.6 Å². The summed E-state index contributed by atoms with van der Waals surface area (Å²) >= 11 is 0. The van der Waals surface area contributed by atoms with Gasteiger partial charge in [0, 0.05) is 17.9 Å². The first-order chi connectivity index (χ1) is 12.5. The maximum atomic E-state index is 14.3. The Kier molecular flexibility index (Phi) is 4.44. The Morgan fingerprint density at radius 1 is 1.19 bits per heavy atom. The van der Waals surface area contributed by atoms with Crippen molar-refractivity contribution in [2.75, 3.05) is 13.1 Å². The smallest absolute Gasteiger partial charge is 0.220 e. The van der Waals surface area contributed by atoms with Crippen LogP contribution in [0.2, 0.25) is 0 Å². The molecule has 26 heavy (non-hydrogen) atoms. The minimum absolute atomic E-state index is 0.0827. The number of aromatic nitrogens is 3. The molecule has 1 saturated carbocycles. The fourth-order valence-electron chi connectivity index (χ4n) is 3.40. The molecule has 0 spiro atoms. The Hall–Kier alpha value is -2.35. The summed E-state index contributed by atoms with van der Waals surface area (Å²) in [4.78, 5) is 18.1. The molecule has 1 aromatic carbocycles. The van der Waals surface area contributed by atoms with Crippen molar-refractivity contribution in [3.8, 4) is 5.69 Å². The monoisotopic (exact) mass is 361 g/mol. The summed E-state index contributed by atoms with van der Waals surface area (Å²) in [6, 6.07) is 3.47. The van der Waals surface area contributed by atoms with Crippen molar-refractivity contribution >= 4 is 5.91 Å². The number of likely N-dealkylation sites (tertiary alicyclic amines) is 1. The number of amides is 1. The van der Waals surface area contributed by atoms with E-state index >= 15 is 0 Å². The largest absolute Gasteiger partial charge is 0.369 e. The van der Waals surface area contributed by atoms with Gasteiger partial charge in [-0.2, -0.15) is 5.10 Å². The maximum absolute atomic E-state index is 14.3. The molecule has 2 aromatic rings. The van der Waals surface area contributed by atoms with Crippen LogP contribution < -0.4 is 5.73 Å². The molecule has 1 amide bonds. The molecule has 2 N–H and O–H groups in total. The van der Waals surface area contributed by atoms with Crippen LogP contribution in [-0.2, 0) is 11.3 Å². The second-order valence-electron chi connectivity index (χ2n) is 7.12. The zero-order valence-corrected chi connectivity index (χ0v) is 14.4. The third-order valence-corrected chi connectivity index (χ3v) is 5.13. The number of nitrogens with zero attached hydrogens (tertiary/aromatic N) is 4. The van der Waals surface area contributed by atoms with E-state index in [0.717, 1.165) is 37.8 Å². The Labute approximate surface area is 150 Å². The molecule has 138 valence electrons. The summed E-state index contributed by atoms with van der Waals surface area (Å²) in [6.45, 7) is 1.96. The van der Waals surface area contributed by atoms with Crippen molar-refractivity contribution in [1.29, 1.82) is 0 Å². The van der Waals surface area contributed by atoms with Gasteiger partial charge in [-0.3, -0.25) is 9.69 Å². The molecule has 6 nitrogen and oxygen atoms in total. The fraction of sp³-hybridized carbons (Fsp3) is 0.500. The summed E-state index contributed by atoms with van der Waals surface area (Å²) in [6.07, 6.45) is 3.51. The van der Waals surface area contributed by atoms with E-state index in [1.807, 2.05) is 0 Å². The van der Waals surface area contributed by atoms with Gasteiger partial charge in [-0.1, -0.05) is 0 Å². The molecule has 0 unspecified atom stereocenters. The Morgan fingerprint density at radius 2 is 1.92 bits per heavy atom. The lowest BCUT2D eigenvalue weighted by atomic mass is 9.96. The van der Waals surface area contributed by atoms with Gasteiger partial charge in [0.1, 0.15) is 17.3 Å². The first-order valence-corrected chi connectivity index (χ1v) is 8.94. The molecule has 1 aliphatic carbocycles. The number of carbonyl (C=O) groups excluding carboxylic acids is 1. The van der Waals surface area contributed by atoms with Gasteiger partial charge in [0.15, 0.2) is 11.6 Å². The van der Waals surface area contributed by atoms with E-state index in [1.165, 1.54) is 16.8 Å². The molecular weight excluding hydrogens is 340 g/mol. The summed E-state index contributed by atoms with van der Waals surface area (Å²) in [5.74, 6) is 0.0671. The average molecular weight is 361 g/mol. The van der Waals surface area contributed by atoms with Gasteiger partial charge < -0.3 is 5.73 Å². The Balaban J connectivity index is 1.58. The molecule has 2 aliphatic rings. The maximum Gasteiger partial charge on any atom is 0.220 e. The van der Waals surface area contributed by atoms with Crippen LogP contribution in [0.4, 0.5) is 8.78 Å². The number of rotatable bonds is 5. The van der Waals surface area contributed by atoms with Gasteiger partial charge in [0.2, 0.25) is 5.91 Å². The zero-order chi connectivity index (χ0) is 18.3. The predicted octanol–water partition coefficient (Wildman–Crippen LogP) is 2.12. The van der Waals surface area contributed by atoms with Gasteiger partial charge >= 0.3 is 0 Å². The minimum atomic E-state index is -0.661. The van der Waals surface area contributed by atoms with Crippen LogP contribution in [0.1, 0.15) is 43.3 Å². The Morgan fingerprint density at radius 3 is 2.54 bits per heavy atom. The summed E-state index contributed by atoms with van der Waals surface area (Å²) < 4.78 is 29.0. The summed E-state index contributed by atoms with van der Waals surface area (Å²) in [5, 5.41) is 4.48. The number of piperidine rings is 1.